The van der Waals surface area contributed by atoms with Gasteiger partial charge in [0.25, 0.3) is 0 Å². The van der Waals surface area contributed by atoms with E-state index in [0.29, 0.717) is 4.48 Å². The van der Waals surface area contributed by atoms with Crippen LogP contribution in [0.5, 0.6) is 0 Å². The Morgan fingerprint density at radius 2 is 0.926 bits per heavy atom. The molecular formula is C23H48ClNO2. The molecule has 0 aromatic rings. The quantitative estimate of drug-likeness (QED) is 0.247. The van der Waals surface area contributed by atoms with Crippen molar-refractivity contribution in [3.63, 3.8) is 0 Å². The van der Waals surface area contributed by atoms with E-state index in [1.54, 1.807) is 0 Å². The lowest BCUT2D eigenvalue weighted by molar-refractivity contribution is -0.883. The van der Waals surface area contributed by atoms with E-state index < -0.39 is 5.97 Å². The lowest BCUT2D eigenvalue weighted by atomic mass is 10.0. The van der Waals surface area contributed by atoms with Gasteiger partial charge in [-0.25, -0.2) is 4.79 Å². The number of nitrogens with zero attached hydrogens (tertiary/aromatic N) is 1. The highest BCUT2D eigenvalue weighted by molar-refractivity contribution is 5.67. The molecule has 0 radical (unpaired) electrons. The van der Waals surface area contributed by atoms with Crippen LogP contribution in [0.2, 0.25) is 0 Å². The van der Waals surface area contributed by atoms with Crippen LogP contribution in [0, 0.1) is 0 Å². The van der Waals surface area contributed by atoms with Gasteiger partial charge in [-0.1, -0.05) is 103 Å². The van der Waals surface area contributed by atoms with Crippen LogP contribution in [-0.4, -0.2) is 42.7 Å². The summed E-state index contributed by atoms with van der Waals surface area (Å²) < 4.78 is 0.605. The van der Waals surface area contributed by atoms with Gasteiger partial charge in [0.15, 0.2) is 6.54 Å². The molecule has 0 aliphatic carbocycles. The molecule has 0 aromatic heterocycles. The zero-order valence-electron chi connectivity index (χ0n) is 18.6. The van der Waals surface area contributed by atoms with Crippen LogP contribution in [0.3, 0.4) is 0 Å². The summed E-state index contributed by atoms with van der Waals surface area (Å²) in [5.74, 6) is -0.693. The van der Waals surface area contributed by atoms with Gasteiger partial charge >= 0.3 is 5.97 Å². The van der Waals surface area contributed by atoms with E-state index in [4.69, 9.17) is 5.11 Å². The monoisotopic (exact) mass is 405 g/mol. The highest BCUT2D eigenvalue weighted by Crippen LogP contribution is 2.14. The molecular weight excluding hydrogens is 358 g/mol. The van der Waals surface area contributed by atoms with E-state index >= 15 is 0 Å². The molecule has 1 N–H and O–H groups in total. The maximum absolute atomic E-state index is 10.8. The summed E-state index contributed by atoms with van der Waals surface area (Å²) in [7, 11) is 4.03. The SMILES string of the molecule is CCCCCCCCCCCCCCCCCCC[N+](C)(C)CC(=O)O.[Cl-]. The van der Waals surface area contributed by atoms with Gasteiger partial charge in [-0.3, -0.25) is 0 Å². The molecule has 0 aromatic carbocycles. The van der Waals surface area contributed by atoms with E-state index in [-0.39, 0.29) is 19.0 Å². The van der Waals surface area contributed by atoms with Crippen molar-refractivity contribution in [1.82, 2.24) is 0 Å². The molecule has 4 heteroatoms. The minimum atomic E-state index is -0.693. The molecule has 0 heterocycles. The van der Waals surface area contributed by atoms with Gasteiger partial charge in [0.05, 0.1) is 20.6 Å². The van der Waals surface area contributed by atoms with Crippen molar-refractivity contribution in [1.29, 1.82) is 0 Å². The van der Waals surface area contributed by atoms with Crippen molar-refractivity contribution in [2.24, 2.45) is 0 Å². The van der Waals surface area contributed by atoms with Gasteiger partial charge in [0, 0.05) is 0 Å². The van der Waals surface area contributed by atoms with Crippen LogP contribution >= 0.6 is 0 Å². The fourth-order valence-electron chi connectivity index (χ4n) is 3.71. The van der Waals surface area contributed by atoms with Crippen molar-refractivity contribution in [3.05, 3.63) is 0 Å². The highest BCUT2D eigenvalue weighted by Gasteiger charge is 2.18. The molecule has 0 unspecified atom stereocenters. The maximum atomic E-state index is 10.8. The fraction of sp³-hybridized carbons (Fsp3) is 0.957. The standard InChI is InChI=1S/C23H47NO2.ClH/c1-4-5-6-7-8-9-10-11-12-13-14-15-16-17-18-19-20-21-24(2,3)22-23(25)26;/h4-22H2,1-3H3;1H. The minimum absolute atomic E-state index is 0. The van der Waals surface area contributed by atoms with Crippen LogP contribution < -0.4 is 12.4 Å². The molecule has 0 atom stereocenters. The first kappa shape index (κ1) is 28.9. The van der Waals surface area contributed by atoms with Gasteiger partial charge in [-0.2, -0.15) is 0 Å². The summed E-state index contributed by atoms with van der Waals surface area (Å²) >= 11 is 0. The Hall–Kier alpha value is -0.280. The second-order valence-electron chi connectivity index (χ2n) is 8.87. The molecule has 0 amide bonds. The highest BCUT2D eigenvalue weighted by atomic mass is 35.5. The Morgan fingerprint density at radius 1 is 0.630 bits per heavy atom. The first-order valence-electron chi connectivity index (χ1n) is 11.5. The second-order valence-corrected chi connectivity index (χ2v) is 8.87. The minimum Gasteiger partial charge on any atom is -1.00 e. The lowest BCUT2D eigenvalue weighted by Gasteiger charge is -2.27. The number of carboxylic acid groups (broad SMARTS) is 1. The lowest BCUT2D eigenvalue weighted by Crippen LogP contribution is -3.00. The number of hydrogen-bond acceptors (Lipinski definition) is 1. The van der Waals surface area contributed by atoms with E-state index in [2.05, 4.69) is 6.92 Å². The van der Waals surface area contributed by atoms with Crippen LogP contribution in [0.15, 0.2) is 0 Å². The first-order valence-corrected chi connectivity index (χ1v) is 11.5. The summed E-state index contributed by atoms with van der Waals surface area (Å²) in [6, 6.07) is 0. The summed E-state index contributed by atoms with van der Waals surface area (Å²) in [4.78, 5) is 10.8. The average molecular weight is 406 g/mol. The van der Waals surface area contributed by atoms with Gasteiger partial charge in [0.2, 0.25) is 0 Å². The summed E-state index contributed by atoms with van der Waals surface area (Å²) in [6.45, 7) is 3.49. The molecule has 0 aliphatic rings. The number of carbonyl (C=O) groups is 1. The van der Waals surface area contributed by atoms with Crippen LogP contribution in [0.4, 0.5) is 0 Å². The normalized spacial score (nSPS) is 11.4. The van der Waals surface area contributed by atoms with Crippen LogP contribution in [0.1, 0.15) is 116 Å². The van der Waals surface area contributed by atoms with Crippen molar-refractivity contribution in [2.75, 3.05) is 27.2 Å². The van der Waals surface area contributed by atoms with Crippen LogP contribution in [-0.2, 0) is 4.79 Å². The first-order chi connectivity index (χ1) is 12.5. The number of halogens is 1. The number of carboxylic acids is 1. The fourth-order valence-corrected chi connectivity index (χ4v) is 3.71. The van der Waals surface area contributed by atoms with Gasteiger partial charge in [0.1, 0.15) is 0 Å². The Balaban J connectivity index is 0. The van der Waals surface area contributed by atoms with Crippen molar-refractivity contribution in [3.8, 4) is 0 Å². The molecule has 0 fully saturated rings. The van der Waals surface area contributed by atoms with Gasteiger partial charge in [-0.15, -0.1) is 0 Å². The maximum Gasteiger partial charge on any atom is 0.359 e. The Labute approximate surface area is 176 Å². The van der Waals surface area contributed by atoms with Gasteiger partial charge < -0.3 is 22.0 Å². The summed E-state index contributed by atoms with van der Waals surface area (Å²) in [5.41, 5.74) is 0. The molecule has 164 valence electrons. The third-order valence-corrected chi connectivity index (χ3v) is 5.43. The third-order valence-electron chi connectivity index (χ3n) is 5.43. The predicted octanol–water partition coefficient (Wildman–Crippen LogP) is 3.80. The van der Waals surface area contributed by atoms with E-state index in [1.807, 2.05) is 14.1 Å². The molecule has 3 nitrogen and oxygen atoms in total. The molecule has 0 bridgehead atoms. The molecule has 0 aliphatic heterocycles. The Bertz CT molecular complexity index is 322. The molecule has 0 saturated carbocycles. The van der Waals surface area contributed by atoms with Crippen molar-refractivity contribution < 1.29 is 26.8 Å². The van der Waals surface area contributed by atoms with Crippen molar-refractivity contribution in [2.45, 2.75) is 116 Å². The topological polar surface area (TPSA) is 37.3 Å². The molecule has 0 rings (SSSR count). The van der Waals surface area contributed by atoms with E-state index in [1.165, 1.54) is 103 Å². The number of rotatable bonds is 20. The number of hydrogen-bond donors (Lipinski definition) is 1. The smallest absolute Gasteiger partial charge is 0.359 e. The van der Waals surface area contributed by atoms with Crippen LogP contribution in [0.25, 0.3) is 0 Å². The van der Waals surface area contributed by atoms with E-state index in [0.717, 1.165) is 13.0 Å². The molecule has 0 spiro atoms. The number of aliphatic carboxylic acids is 1. The zero-order valence-corrected chi connectivity index (χ0v) is 19.4. The summed E-state index contributed by atoms with van der Waals surface area (Å²) in [6.07, 6.45) is 23.6. The molecule has 0 saturated heterocycles. The second kappa shape index (κ2) is 20.5. The third kappa shape index (κ3) is 23.7. The van der Waals surface area contributed by atoms with Crippen molar-refractivity contribution >= 4 is 5.97 Å². The average Bonchev–Trinajstić information content (AvgIpc) is 2.56. The Kier molecular flexibility index (Phi) is 21.9. The number of likely N-dealkylation sites (N-methyl/N-ethyl adjacent to an activating group) is 1. The molecule has 27 heavy (non-hydrogen) atoms. The largest absolute Gasteiger partial charge is 1.00 e. The predicted molar refractivity (Wildman–Crippen MR) is 114 cm³/mol. The Morgan fingerprint density at radius 3 is 1.22 bits per heavy atom. The zero-order chi connectivity index (χ0) is 19.5. The number of quaternary nitrogens is 1. The van der Waals surface area contributed by atoms with E-state index in [9.17, 15) is 4.79 Å². The van der Waals surface area contributed by atoms with Gasteiger partial charge in [-0.05, 0) is 12.8 Å². The number of unbranched alkanes of at least 4 members (excludes halogenated alkanes) is 16. The summed E-state index contributed by atoms with van der Waals surface area (Å²) in [5, 5.41) is 8.88.